The minimum atomic E-state index is -0.225. The quantitative estimate of drug-likeness (QED) is 0.881. The Morgan fingerprint density at radius 3 is 2.67 bits per heavy atom. The van der Waals surface area contributed by atoms with Crippen LogP contribution in [0.1, 0.15) is 5.82 Å². The van der Waals surface area contributed by atoms with Crippen molar-refractivity contribution in [3.8, 4) is 5.75 Å². The predicted molar refractivity (Wildman–Crippen MR) is 79.7 cm³/mol. The van der Waals surface area contributed by atoms with Gasteiger partial charge in [0.05, 0.1) is 0 Å². The normalized spacial score (nSPS) is 10.4. The highest BCUT2D eigenvalue weighted by atomic mass is 35.5. The largest absolute Gasteiger partial charge is 0.484 e. The Labute approximate surface area is 132 Å². The molecule has 0 saturated heterocycles. The van der Waals surface area contributed by atoms with Crippen LogP contribution in [0, 0.1) is 6.92 Å². The van der Waals surface area contributed by atoms with Gasteiger partial charge in [-0.3, -0.25) is 4.79 Å². The number of halogens is 2. The highest BCUT2D eigenvalue weighted by Crippen LogP contribution is 2.23. The van der Waals surface area contributed by atoms with Gasteiger partial charge in [-0.2, -0.15) is 0 Å². The minimum absolute atomic E-state index is 0.0994. The molecule has 0 spiro atoms. The van der Waals surface area contributed by atoms with Crippen LogP contribution in [-0.2, 0) is 11.3 Å². The van der Waals surface area contributed by atoms with Crippen LogP contribution in [0.25, 0.3) is 0 Å². The van der Waals surface area contributed by atoms with Gasteiger partial charge in [0, 0.05) is 23.1 Å². The number of aromatic nitrogens is 3. The Hall–Kier alpha value is -1.79. The maximum Gasteiger partial charge on any atom is 0.258 e. The summed E-state index contributed by atoms with van der Waals surface area (Å²) < 4.78 is 7.17. The molecule has 2 rings (SSSR count). The van der Waals surface area contributed by atoms with Crippen molar-refractivity contribution in [1.82, 2.24) is 20.1 Å². The number of aryl methyl sites for hydroxylation is 1. The molecular formula is C13H14Cl2N4O2. The summed E-state index contributed by atoms with van der Waals surface area (Å²) in [6.45, 7) is 2.82. The number of nitrogens with zero attached hydrogens (tertiary/aromatic N) is 3. The van der Waals surface area contributed by atoms with Gasteiger partial charge in [-0.1, -0.05) is 23.2 Å². The zero-order valence-corrected chi connectivity index (χ0v) is 12.9. The summed E-state index contributed by atoms with van der Waals surface area (Å²) in [7, 11) is 0. The molecule has 1 aromatic carbocycles. The second-order valence-electron chi connectivity index (χ2n) is 4.32. The van der Waals surface area contributed by atoms with E-state index in [1.165, 1.54) is 0 Å². The number of carbonyl (C=O) groups is 1. The van der Waals surface area contributed by atoms with Gasteiger partial charge in [0.15, 0.2) is 6.61 Å². The lowest BCUT2D eigenvalue weighted by Gasteiger charge is -2.09. The van der Waals surface area contributed by atoms with E-state index in [1.807, 2.05) is 11.5 Å². The fourth-order valence-electron chi connectivity index (χ4n) is 1.66. The molecule has 1 N–H and O–H groups in total. The summed E-state index contributed by atoms with van der Waals surface area (Å²) in [6.07, 6.45) is 1.62. The zero-order valence-electron chi connectivity index (χ0n) is 11.3. The molecule has 0 unspecified atom stereocenters. The molecule has 8 heteroatoms. The maximum atomic E-state index is 11.7. The van der Waals surface area contributed by atoms with Crippen molar-refractivity contribution in [2.45, 2.75) is 13.5 Å². The number of ether oxygens (including phenoxy) is 1. The molecule has 0 aliphatic carbocycles. The fourth-order valence-corrected chi connectivity index (χ4v) is 2.17. The van der Waals surface area contributed by atoms with Crippen molar-refractivity contribution in [2.24, 2.45) is 0 Å². The first-order chi connectivity index (χ1) is 10.0. The summed E-state index contributed by atoms with van der Waals surface area (Å²) in [6, 6.07) is 4.79. The van der Waals surface area contributed by atoms with Gasteiger partial charge in [0.2, 0.25) is 0 Å². The van der Waals surface area contributed by atoms with E-state index in [4.69, 9.17) is 27.9 Å². The molecule has 1 heterocycles. The molecule has 0 bridgehead atoms. The van der Waals surface area contributed by atoms with Crippen LogP contribution >= 0.6 is 23.2 Å². The second-order valence-corrected chi connectivity index (χ2v) is 5.19. The second kappa shape index (κ2) is 7.28. The average Bonchev–Trinajstić information content (AvgIpc) is 2.81. The molecule has 0 aliphatic rings. The van der Waals surface area contributed by atoms with Crippen molar-refractivity contribution in [2.75, 3.05) is 13.2 Å². The Balaban J connectivity index is 1.73. The molecule has 0 saturated carbocycles. The van der Waals surface area contributed by atoms with E-state index < -0.39 is 0 Å². The number of benzene rings is 1. The van der Waals surface area contributed by atoms with Gasteiger partial charge in [-0.15, -0.1) is 10.2 Å². The molecule has 6 nitrogen and oxygen atoms in total. The van der Waals surface area contributed by atoms with Crippen LogP contribution in [0.4, 0.5) is 0 Å². The van der Waals surface area contributed by atoms with Crippen LogP contribution in [0.15, 0.2) is 24.5 Å². The Morgan fingerprint density at radius 2 is 2.05 bits per heavy atom. The summed E-state index contributed by atoms with van der Waals surface area (Å²) in [5, 5.41) is 11.3. The maximum absolute atomic E-state index is 11.7. The van der Waals surface area contributed by atoms with Crippen molar-refractivity contribution in [3.63, 3.8) is 0 Å². The summed E-state index contributed by atoms with van der Waals surface area (Å²) in [5.74, 6) is 1.03. The smallest absolute Gasteiger partial charge is 0.258 e. The van der Waals surface area contributed by atoms with Crippen LogP contribution in [0.5, 0.6) is 5.75 Å². The first-order valence-corrected chi connectivity index (χ1v) is 7.00. The zero-order chi connectivity index (χ0) is 15.2. The molecule has 1 amide bonds. The topological polar surface area (TPSA) is 69.0 Å². The molecule has 21 heavy (non-hydrogen) atoms. The summed E-state index contributed by atoms with van der Waals surface area (Å²) in [4.78, 5) is 11.7. The monoisotopic (exact) mass is 328 g/mol. The Kier molecular flexibility index (Phi) is 5.41. The predicted octanol–water partition coefficient (Wildman–Crippen LogP) is 2.09. The van der Waals surface area contributed by atoms with Crippen LogP contribution in [0.3, 0.4) is 0 Å². The first kappa shape index (κ1) is 15.6. The molecule has 0 fully saturated rings. The summed E-state index contributed by atoms with van der Waals surface area (Å²) >= 11 is 11.7. The molecule has 0 aliphatic heterocycles. The number of hydrogen-bond acceptors (Lipinski definition) is 4. The van der Waals surface area contributed by atoms with Crippen LogP contribution in [0.2, 0.25) is 10.0 Å². The van der Waals surface area contributed by atoms with E-state index >= 15 is 0 Å². The Bertz CT molecular complexity index is 610. The van der Waals surface area contributed by atoms with Crippen molar-refractivity contribution >= 4 is 29.1 Å². The van der Waals surface area contributed by atoms with Gasteiger partial charge in [-0.05, 0) is 25.1 Å². The lowest BCUT2D eigenvalue weighted by atomic mass is 10.3. The van der Waals surface area contributed by atoms with E-state index in [2.05, 4.69) is 15.5 Å². The van der Waals surface area contributed by atoms with Gasteiger partial charge < -0.3 is 14.6 Å². The third-order valence-electron chi connectivity index (χ3n) is 2.69. The molecule has 112 valence electrons. The number of carbonyl (C=O) groups excluding carboxylic acids is 1. The molecular weight excluding hydrogens is 315 g/mol. The summed E-state index contributed by atoms with van der Waals surface area (Å²) in [5.41, 5.74) is 0. The van der Waals surface area contributed by atoms with Gasteiger partial charge in [-0.25, -0.2) is 0 Å². The lowest BCUT2D eigenvalue weighted by Crippen LogP contribution is -2.31. The lowest BCUT2D eigenvalue weighted by molar-refractivity contribution is -0.123. The number of rotatable bonds is 6. The van der Waals surface area contributed by atoms with Crippen LogP contribution < -0.4 is 10.1 Å². The van der Waals surface area contributed by atoms with E-state index in [9.17, 15) is 4.79 Å². The number of amides is 1. The minimum Gasteiger partial charge on any atom is -0.484 e. The highest BCUT2D eigenvalue weighted by molar-refractivity contribution is 6.34. The molecule has 1 aromatic heterocycles. The van der Waals surface area contributed by atoms with Crippen molar-refractivity contribution in [1.29, 1.82) is 0 Å². The van der Waals surface area contributed by atoms with E-state index in [-0.39, 0.29) is 12.5 Å². The SMILES string of the molecule is Cc1nncn1CCNC(=O)COc1cc(Cl)cc(Cl)c1. The fraction of sp³-hybridized carbons (Fsp3) is 0.308. The van der Waals surface area contributed by atoms with Crippen LogP contribution in [-0.4, -0.2) is 33.8 Å². The molecule has 0 radical (unpaired) electrons. The average molecular weight is 329 g/mol. The van der Waals surface area contributed by atoms with Gasteiger partial charge >= 0.3 is 0 Å². The molecule has 0 atom stereocenters. The van der Waals surface area contributed by atoms with E-state index in [1.54, 1.807) is 24.5 Å². The van der Waals surface area contributed by atoms with E-state index in [0.29, 0.717) is 28.9 Å². The van der Waals surface area contributed by atoms with Gasteiger partial charge in [0.1, 0.15) is 17.9 Å². The molecule has 2 aromatic rings. The third kappa shape index (κ3) is 4.91. The van der Waals surface area contributed by atoms with Crippen molar-refractivity contribution in [3.05, 3.63) is 40.4 Å². The standard InChI is InChI=1S/C13H14Cl2N4O2/c1-9-18-17-8-19(9)3-2-16-13(20)7-21-12-5-10(14)4-11(15)6-12/h4-6,8H,2-3,7H2,1H3,(H,16,20). The highest BCUT2D eigenvalue weighted by Gasteiger charge is 2.05. The Morgan fingerprint density at radius 1 is 1.33 bits per heavy atom. The van der Waals surface area contributed by atoms with Crippen molar-refractivity contribution < 1.29 is 9.53 Å². The van der Waals surface area contributed by atoms with Gasteiger partial charge in [0.25, 0.3) is 5.91 Å². The number of nitrogens with one attached hydrogen (secondary N) is 1. The third-order valence-corrected chi connectivity index (χ3v) is 3.13. The van der Waals surface area contributed by atoms with E-state index in [0.717, 1.165) is 5.82 Å². The number of hydrogen-bond donors (Lipinski definition) is 1. The first-order valence-electron chi connectivity index (χ1n) is 6.24.